The van der Waals surface area contributed by atoms with E-state index >= 15 is 0 Å². The third-order valence-electron chi connectivity index (χ3n) is 4.12. The second-order valence-corrected chi connectivity index (χ2v) is 5.58. The molecule has 0 amide bonds. The van der Waals surface area contributed by atoms with E-state index in [-0.39, 0.29) is 6.42 Å². The number of hydrogen-bond acceptors (Lipinski definition) is 1. The standard InChI is InChI=1S/C16H19NO2/c18-16(19)10-13-5-6-14-7-8-17(15(14)9-13)11-12-3-1-2-4-12/h5-9,12H,1-4,10-11H2,(H,18,19). The van der Waals surface area contributed by atoms with Crippen molar-refractivity contribution in [2.75, 3.05) is 0 Å². The molecule has 1 saturated carbocycles. The molecule has 1 aromatic heterocycles. The highest BCUT2D eigenvalue weighted by Crippen LogP contribution is 2.28. The number of carboxylic acids is 1. The van der Waals surface area contributed by atoms with E-state index in [1.807, 2.05) is 18.2 Å². The number of rotatable bonds is 4. The molecule has 2 aromatic rings. The Kier molecular flexibility index (Phi) is 3.28. The summed E-state index contributed by atoms with van der Waals surface area (Å²) in [5.74, 6) is 0.0204. The molecule has 0 unspecified atom stereocenters. The van der Waals surface area contributed by atoms with E-state index in [4.69, 9.17) is 5.11 Å². The van der Waals surface area contributed by atoms with Crippen LogP contribution in [0.5, 0.6) is 0 Å². The third-order valence-corrected chi connectivity index (χ3v) is 4.12. The Morgan fingerprint density at radius 3 is 2.79 bits per heavy atom. The van der Waals surface area contributed by atoms with Crippen molar-refractivity contribution in [1.82, 2.24) is 4.57 Å². The molecule has 1 N–H and O–H groups in total. The van der Waals surface area contributed by atoms with Gasteiger partial charge in [-0.05, 0) is 41.8 Å². The highest BCUT2D eigenvalue weighted by atomic mass is 16.4. The van der Waals surface area contributed by atoms with E-state index in [0.717, 1.165) is 18.0 Å². The van der Waals surface area contributed by atoms with Gasteiger partial charge in [0.25, 0.3) is 0 Å². The van der Waals surface area contributed by atoms with Crippen LogP contribution in [0.15, 0.2) is 30.5 Å². The second kappa shape index (κ2) is 5.08. The first-order valence-corrected chi connectivity index (χ1v) is 7.02. The minimum Gasteiger partial charge on any atom is -0.481 e. The van der Waals surface area contributed by atoms with E-state index in [1.165, 1.54) is 36.6 Å². The molecule has 3 heteroatoms. The van der Waals surface area contributed by atoms with Crippen LogP contribution in [-0.2, 0) is 17.8 Å². The van der Waals surface area contributed by atoms with Crippen molar-refractivity contribution in [2.45, 2.75) is 38.6 Å². The van der Waals surface area contributed by atoms with Gasteiger partial charge in [0.05, 0.1) is 6.42 Å². The average Bonchev–Trinajstić information content (AvgIpc) is 3.00. The number of hydrogen-bond donors (Lipinski definition) is 1. The van der Waals surface area contributed by atoms with E-state index in [2.05, 4.69) is 16.8 Å². The van der Waals surface area contributed by atoms with Crippen LogP contribution >= 0.6 is 0 Å². The summed E-state index contributed by atoms with van der Waals surface area (Å²) in [6.07, 6.45) is 7.60. The number of benzene rings is 1. The monoisotopic (exact) mass is 257 g/mol. The van der Waals surface area contributed by atoms with Crippen LogP contribution in [0.2, 0.25) is 0 Å². The molecule has 3 nitrogen and oxygen atoms in total. The summed E-state index contributed by atoms with van der Waals surface area (Å²) in [6, 6.07) is 8.09. The minimum atomic E-state index is -0.770. The summed E-state index contributed by atoms with van der Waals surface area (Å²) in [5.41, 5.74) is 2.05. The van der Waals surface area contributed by atoms with E-state index in [9.17, 15) is 4.79 Å². The molecule has 100 valence electrons. The molecule has 1 aliphatic carbocycles. The molecule has 0 radical (unpaired) electrons. The molecular formula is C16H19NO2. The molecule has 3 rings (SSSR count). The van der Waals surface area contributed by atoms with Crippen LogP contribution in [0.1, 0.15) is 31.2 Å². The first-order valence-electron chi connectivity index (χ1n) is 7.02. The molecule has 0 spiro atoms. The lowest BCUT2D eigenvalue weighted by atomic mass is 10.1. The van der Waals surface area contributed by atoms with E-state index < -0.39 is 5.97 Å². The topological polar surface area (TPSA) is 42.2 Å². The fraction of sp³-hybridized carbons (Fsp3) is 0.438. The molecule has 0 atom stereocenters. The van der Waals surface area contributed by atoms with Crippen molar-refractivity contribution < 1.29 is 9.90 Å². The predicted octanol–water partition coefficient (Wildman–Crippen LogP) is 3.46. The summed E-state index contributed by atoms with van der Waals surface area (Å²) < 4.78 is 2.29. The van der Waals surface area contributed by atoms with Crippen LogP contribution in [0.3, 0.4) is 0 Å². The lowest BCUT2D eigenvalue weighted by molar-refractivity contribution is -0.136. The zero-order chi connectivity index (χ0) is 13.2. The van der Waals surface area contributed by atoms with Crippen molar-refractivity contribution in [3.05, 3.63) is 36.0 Å². The minimum absolute atomic E-state index is 0.102. The average molecular weight is 257 g/mol. The lowest BCUT2D eigenvalue weighted by Crippen LogP contribution is -2.06. The Balaban J connectivity index is 1.88. The number of aromatic nitrogens is 1. The van der Waals surface area contributed by atoms with Crippen molar-refractivity contribution in [2.24, 2.45) is 5.92 Å². The molecule has 0 bridgehead atoms. The van der Waals surface area contributed by atoms with Crippen molar-refractivity contribution in [3.8, 4) is 0 Å². The molecule has 1 fully saturated rings. The maximum Gasteiger partial charge on any atom is 0.307 e. The fourth-order valence-corrected chi connectivity index (χ4v) is 3.14. The number of nitrogens with zero attached hydrogens (tertiary/aromatic N) is 1. The summed E-state index contributed by atoms with van der Waals surface area (Å²) in [5, 5.41) is 10.1. The zero-order valence-electron chi connectivity index (χ0n) is 11.0. The molecule has 1 aromatic carbocycles. The maximum absolute atomic E-state index is 10.8. The molecule has 1 aliphatic rings. The number of carboxylic acid groups (broad SMARTS) is 1. The lowest BCUT2D eigenvalue weighted by Gasteiger charge is -2.12. The van der Waals surface area contributed by atoms with Gasteiger partial charge in [-0.1, -0.05) is 25.0 Å². The largest absolute Gasteiger partial charge is 0.481 e. The first-order chi connectivity index (χ1) is 9.22. The number of carbonyl (C=O) groups is 1. The molecule has 0 saturated heterocycles. The Morgan fingerprint density at radius 1 is 1.26 bits per heavy atom. The van der Waals surface area contributed by atoms with Gasteiger partial charge in [-0.15, -0.1) is 0 Å². The van der Waals surface area contributed by atoms with Gasteiger partial charge in [0.2, 0.25) is 0 Å². The Labute approximate surface area is 112 Å². The molecule has 0 aliphatic heterocycles. The maximum atomic E-state index is 10.8. The summed E-state index contributed by atoms with van der Waals surface area (Å²) in [6.45, 7) is 1.07. The van der Waals surface area contributed by atoms with Gasteiger partial charge in [0.1, 0.15) is 0 Å². The van der Waals surface area contributed by atoms with Crippen LogP contribution in [0.25, 0.3) is 10.9 Å². The third kappa shape index (κ3) is 2.65. The van der Waals surface area contributed by atoms with Gasteiger partial charge in [-0.3, -0.25) is 4.79 Å². The van der Waals surface area contributed by atoms with E-state index in [1.54, 1.807) is 0 Å². The highest BCUT2D eigenvalue weighted by molar-refractivity contribution is 5.82. The van der Waals surface area contributed by atoms with Gasteiger partial charge in [0.15, 0.2) is 0 Å². The van der Waals surface area contributed by atoms with Crippen LogP contribution in [-0.4, -0.2) is 15.6 Å². The van der Waals surface area contributed by atoms with Crippen molar-refractivity contribution >= 4 is 16.9 Å². The zero-order valence-corrected chi connectivity index (χ0v) is 11.0. The summed E-state index contributed by atoms with van der Waals surface area (Å²) in [4.78, 5) is 10.8. The summed E-state index contributed by atoms with van der Waals surface area (Å²) in [7, 11) is 0. The Morgan fingerprint density at radius 2 is 2.05 bits per heavy atom. The molecule has 1 heterocycles. The Bertz CT molecular complexity index is 594. The predicted molar refractivity (Wildman–Crippen MR) is 75.2 cm³/mol. The van der Waals surface area contributed by atoms with Crippen molar-refractivity contribution in [3.63, 3.8) is 0 Å². The van der Waals surface area contributed by atoms with Gasteiger partial charge < -0.3 is 9.67 Å². The highest BCUT2D eigenvalue weighted by Gasteiger charge is 2.16. The SMILES string of the molecule is O=C(O)Cc1ccc2ccn(CC3CCCC3)c2c1. The van der Waals surface area contributed by atoms with Gasteiger partial charge in [0, 0.05) is 18.3 Å². The van der Waals surface area contributed by atoms with Crippen LogP contribution in [0, 0.1) is 5.92 Å². The normalized spacial score (nSPS) is 16.2. The van der Waals surface area contributed by atoms with Crippen molar-refractivity contribution in [1.29, 1.82) is 0 Å². The van der Waals surface area contributed by atoms with Gasteiger partial charge in [-0.25, -0.2) is 0 Å². The van der Waals surface area contributed by atoms with Gasteiger partial charge in [-0.2, -0.15) is 0 Å². The van der Waals surface area contributed by atoms with Crippen LogP contribution in [0.4, 0.5) is 0 Å². The second-order valence-electron chi connectivity index (χ2n) is 5.58. The molecule has 19 heavy (non-hydrogen) atoms. The first kappa shape index (κ1) is 12.3. The van der Waals surface area contributed by atoms with Gasteiger partial charge >= 0.3 is 5.97 Å². The fourth-order valence-electron chi connectivity index (χ4n) is 3.14. The Hall–Kier alpha value is -1.77. The van der Waals surface area contributed by atoms with Crippen LogP contribution < -0.4 is 0 Å². The molecular weight excluding hydrogens is 238 g/mol. The quantitative estimate of drug-likeness (QED) is 0.911. The van der Waals surface area contributed by atoms with E-state index in [0.29, 0.717) is 0 Å². The number of fused-ring (bicyclic) bond motifs is 1. The smallest absolute Gasteiger partial charge is 0.307 e. The number of aliphatic carboxylic acids is 1. The summed E-state index contributed by atoms with van der Waals surface area (Å²) >= 11 is 0.